The van der Waals surface area contributed by atoms with Crippen molar-refractivity contribution < 1.29 is 12.8 Å². The predicted octanol–water partition coefficient (Wildman–Crippen LogP) is 4.91. The molecule has 5 rings (SSSR count). The quantitative estimate of drug-likeness (QED) is 0.209. The molecule has 0 spiro atoms. The highest BCUT2D eigenvalue weighted by molar-refractivity contribution is 7.92. The third-order valence-electron chi connectivity index (χ3n) is 7.46. The van der Waals surface area contributed by atoms with Crippen molar-refractivity contribution in [2.45, 2.75) is 69.0 Å². The van der Waals surface area contributed by atoms with E-state index in [1.54, 1.807) is 41.1 Å². The Morgan fingerprint density at radius 3 is 2.40 bits per heavy atom. The number of sulfonamides is 1. The topological polar surface area (TPSA) is 131 Å². The highest BCUT2D eigenvalue weighted by atomic mass is 32.2. The SMILES string of the molecule is CC(C)n1c(=O)c(-c2ccc(NS(=O)(=O)c3ccccc3)nc2)cc2cnc(NC3CCC(NCCCF)CC3)nc21. The Hall–Kier alpha value is -3.90. The number of rotatable bonds is 11. The molecule has 1 aliphatic carbocycles. The van der Waals surface area contributed by atoms with E-state index in [2.05, 4.69) is 25.3 Å². The molecule has 10 nitrogen and oxygen atoms in total. The number of aromatic nitrogens is 4. The van der Waals surface area contributed by atoms with E-state index in [0.717, 1.165) is 25.7 Å². The van der Waals surface area contributed by atoms with Crippen molar-refractivity contribution in [1.29, 1.82) is 0 Å². The molecule has 0 bridgehead atoms. The molecule has 0 unspecified atom stereocenters. The molecule has 3 aromatic heterocycles. The minimum atomic E-state index is -3.78. The van der Waals surface area contributed by atoms with Gasteiger partial charge in [-0.25, -0.2) is 18.4 Å². The molecule has 222 valence electrons. The van der Waals surface area contributed by atoms with Gasteiger partial charge in [-0.1, -0.05) is 18.2 Å². The Morgan fingerprint density at radius 1 is 1.00 bits per heavy atom. The van der Waals surface area contributed by atoms with Crippen LogP contribution in [-0.2, 0) is 10.0 Å². The van der Waals surface area contributed by atoms with Crippen LogP contribution in [-0.4, -0.2) is 53.2 Å². The van der Waals surface area contributed by atoms with Crippen molar-refractivity contribution >= 4 is 32.8 Å². The first kappa shape index (κ1) is 29.6. The number of alkyl halides is 1. The third-order valence-corrected chi connectivity index (χ3v) is 8.83. The smallest absolute Gasteiger partial charge is 0.263 e. The average Bonchev–Trinajstić information content (AvgIpc) is 2.98. The number of nitrogens with one attached hydrogen (secondary N) is 3. The first-order chi connectivity index (χ1) is 20.2. The minimum Gasteiger partial charge on any atom is -0.351 e. The van der Waals surface area contributed by atoms with Gasteiger partial charge in [-0.2, -0.15) is 4.98 Å². The summed E-state index contributed by atoms with van der Waals surface area (Å²) < 4.78 is 41.8. The zero-order valence-corrected chi connectivity index (χ0v) is 24.6. The lowest BCUT2D eigenvalue weighted by Crippen LogP contribution is -2.37. The molecule has 3 N–H and O–H groups in total. The van der Waals surface area contributed by atoms with E-state index in [9.17, 15) is 17.6 Å². The highest BCUT2D eigenvalue weighted by Crippen LogP contribution is 2.25. The van der Waals surface area contributed by atoms with Crippen molar-refractivity contribution in [2.75, 3.05) is 23.3 Å². The molecule has 12 heteroatoms. The number of benzene rings is 1. The van der Waals surface area contributed by atoms with Crippen molar-refractivity contribution in [2.24, 2.45) is 0 Å². The fraction of sp³-hybridized carbons (Fsp3) is 0.400. The molecular weight excluding hydrogens is 557 g/mol. The Balaban J connectivity index is 1.35. The summed E-state index contributed by atoms with van der Waals surface area (Å²) in [4.78, 5) is 27.4. The Kier molecular flexibility index (Phi) is 9.12. The maximum Gasteiger partial charge on any atom is 0.263 e. The van der Waals surface area contributed by atoms with Crippen LogP contribution in [0.2, 0.25) is 0 Å². The maximum absolute atomic E-state index is 13.7. The predicted molar refractivity (Wildman–Crippen MR) is 163 cm³/mol. The Bertz CT molecular complexity index is 1670. The van der Waals surface area contributed by atoms with Crippen LogP contribution in [0.1, 0.15) is 52.0 Å². The summed E-state index contributed by atoms with van der Waals surface area (Å²) >= 11 is 0. The zero-order valence-electron chi connectivity index (χ0n) is 23.8. The van der Waals surface area contributed by atoms with Gasteiger partial charge < -0.3 is 10.6 Å². The fourth-order valence-corrected chi connectivity index (χ4v) is 6.31. The summed E-state index contributed by atoms with van der Waals surface area (Å²) in [5, 5.41) is 7.57. The van der Waals surface area contributed by atoms with Gasteiger partial charge in [0.2, 0.25) is 5.95 Å². The van der Waals surface area contributed by atoms with E-state index in [4.69, 9.17) is 4.98 Å². The first-order valence-electron chi connectivity index (χ1n) is 14.3. The Labute approximate surface area is 244 Å². The largest absolute Gasteiger partial charge is 0.351 e. The number of nitrogens with zero attached hydrogens (tertiary/aromatic N) is 4. The number of hydrogen-bond acceptors (Lipinski definition) is 8. The van der Waals surface area contributed by atoms with Crippen LogP contribution in [0.25, 0.3) is 22.2 Å². The van der Waals surface area contributed by atoms with Crippen LogP contribution in [0.4, 0.5) is 16.2 Å². The molecule has 0 saturated heterocycles. The molecule has 1 fully saturated rings. The Morgan fingerprint density at radius 2 is 1.74 bits per heavy atom. The van der Waals surface area contributed by atoms with Crippen LogP contribution in [0.15, 0.2) is 70.6 Å². The molecule has 0 radical (unpaired) electrons. The van der Waals surface area contributed by atoms with E-state index in [-0.39, 0.29) is 35.0 Å². The van der Waals surface area contributed by atoms with Crippen molar-refractivity contribution in [3.05, 3.63) is 71.3 Å². The second-order valence-electron chi connectivity index (χ2n) is 10.8. The van der Waals surface area contributed by atoms with Crippen molar-refractivity contribution in [3.8, 4) is 11.1 Å². The number of fused-ring (bicyclic) bond motifs is 1. The molecule has 42 heavy (non-hydrogen) atoms. The molecule has 1 aliphatic rings. The van der Waals surface area contributed by atoms with Gasteiger partial charge in [0.1, 0.15) is 11.5 Å². The number of pyridine rings is 2. The summed E-state index contributed by atoms with van der Waals surface area (Å²) in [6.07, 6.45) is 7.64. The molecule has 4 aromatic rings. The lowest BCUT2D eigenvalue weighted by molar-refractivity contribution is 0.344. The van der Waals surface area contributed by atoms with Gasteiger partial charge in [0.25, 0.3) is 15.6 Å². The molecule has 1 saturated carbocycles. The number of halogens is 1. The maximum atomic E-state index is 13.7. The number of hydrogen-bond donors (Lipinski definition) is 3. The second kappa shape index (κ2) is 13.0. The van der Waals surface area contributed by atoms with Crippen LogP contribution in [0, 0.1) is 0 Å². The summed E-state index contributed by atoms with van der Waals surface area (Å²) in [7, 11) is -3.78. The average molecular weight is 594 g/mol. The van der Waals surface area contributed by atoms with E-state index >= 15 is 0 Å². The van der Waals surface area contributed by atoms with Crippen molar-refractivity contribution in [1.82, 2.24) is 24.8 Å². The van der Waals surface area contributed by atoms with Gasteiger partial charge >= 0.3 is 0 Å². The standard InChI is InChI=1S/C30H36FN7O3S/c1-20(2)38-28-22(19-34-30(36-28)35-24-12-10-23(11-13-24)32-16-6-15-31)17-26(29(38)39)21-9-14-27(33-18-21)37-42(40,41)25-7-4-3-5-8-25/h3-5,7-9,14,17-20,23-24,32H,6,10-13,15-16H2,1-2H3,(H,33,37)(H,34,35,36). The third kappa shape index (κ3) is 6.76. The number of anilines is 2. The van der Waals surface area contributed by atoms with Crippen LogP contribution < -0.4 is 20.9 Å². The minimum absolute atomic E-state index is 0.133. The van der Waals surface area contributed by atoms with Crippen molar-refractivity contribution in [3.63, 3.8) is 0 Å². The molecule has 0 amide bonds. The van der Waals surface area contributed by atoms with Crippen LogP contribution >= 0.6 is 0 Å². The van der Waals surface area contributed by atoms with E-state index in [1.807, 2.05) is 13.8 Å². The first-order valence-corrected chi connectivity index (χ1v) is 15.8. The molecule has 1 aromatic carbocycles. The van der Waals surface area contributed by atoms with Gasteiger partial charge in [0.05, 0.1) is 11.6 Å². The van der Waals surface area contributed by atoms with Gasteiger partial charge in [0.15, 0.2) is 0 Å². The van der Waals surface area contributed by atoms with Gasteiger partial charge in [-0.05, 0) is 82.8 Å². The monoisotopic (exact) mass is 593 g/mol. The van der Waals surface area contributed by atoms with Gasteiger partial charge in [0, 0.05) is 47.0 Å². The van der Waals surface area contributed by atoms with E-state index in [0.29, 0.717) is 47.1 Å². The lowest BCUT2D eigenvalue weighted by Gasteiger charge is -2.29. The van der Waals surface area contributed by atoms with E-state index < -0.39 is 10.0 Å². The van der Waals surface area contributed by atoms with E-state index in [1.165, 1.54) is 24.4 Å². The summed E-state index contributed by atoms with van der Waals surface area (Å²) in [5.74, 6) is 0.630. The summed E-state index contributed by atoms with van der Waals surface area (Å²) in [5.41, 5.74) is 1.29. The molecule has 0 atom stereocenters. The molecule has 3 heterocycles. The second-order valence-corrected chi connectivity index (χ2v) is 12.5. The fourth-order valence-electron chi connectivity index (χ4n) is 5.28. The normalized spacial score (nSPS) is 17.4. The lowest BCUT2D eigenvalue weighted by atomic mass is 9.91. The zero-order chi connectivity index (χ0) is 29.7. The summed E-state index contributed by atoms with van der Waals surface area (Å²) in [6.45, 7) is 4.26. The van der Waals surface area contributed by atoms with Gasteiger partial charge in [-0.3, -0.25) is 18.5 Å². The summed E-state index contributed by atoms with van der Waals surface area (Å²) in [6, 6.07) is 13.5. The molecular formula is C30H36FN7O3S. The van der Waals surface area contributed by atoms with Gasteiger partial charge in [-0.15, -0.1) is 0 Å². The van der Waals surface area contributed by atoms with Crippen LogP contribution in [0.5, 0.6) is 0 Å². The highest BCUT2D eigenvalue weighted by Gasteiger charge is 2.22. The molecule has 0 aliphatic heterocycles. The van der Waals surface area contributed by atoms with Crippen LogP contribution in [0.3, 0.4) is 0 Å².